The molecule has 1 aliphatic rings. The average Bonchev–Trinajstić information content (AvgIpc) is 2.81. The number of hydrogen-bond acceptors (Lipinski definition) is 0. The smallest absolute Gasteiger partial charge is 0.0483 e. The van der Waals surface area contributed by atoms with Crippen LogP contribution in [-0.2, 0) is 5.41 Å². The first-order valence-corrected chi connectivity index (χ1v) is 9.08. The zero-order valence-corrected chi connectivity index (χ0v) is 10.7. The Bertz CT molecular complexity index is 323. The summed E-state index contributed by atoms with van der Waals surface area (Å²) in [6.45, 7) is 9.91. The summed E-state index contributed by atoms with van der Waals surface area (Å²) < 4.78 is 0. The van der Waals surface area contributed by atoms with Crippen LogP contribution in [0.1, 0.15) is 18.9 Å². The lowest BCUT2D eigenvalue weighted by Crippen LogP contribution is -2.24. The van der Waals surface area contributed by atoms with Crippen molar-refractivity contribution in [3.63, 3.8) is 0 Å². The second kappa shape index (κ2) is 2.96. The molecular formula is C13H20Si. The van der Waals surface area contributed by atoms with E-state index in [0.717, 1.165) is 5.54 Å². The van der Waals surface area contributed by atoms with E-state index in [2.05, 4.69) is 56.9 Å². The van der Waals surface area contributed by atoms with E-state index in [1.54, 1.807) is 5.56 Å². The third-order valence-corrected chi connectivity index (χ3v) is 6.65. The molecule has 0 bridgehead atoms. The van der Waals surface area contributed by atoms with Crippen LogP contribution in [0.3, 0.4) is 0 Å². The minimum absolute atomic E-state index is 0.506. The van der Waals surface area contributed by atoms with Crippen molar-refractivity contribution in [1.82, 2.24) is 0 Å². The fourth-order valence-electron chi connectivity index (χ4n) is 2.76. The molecule has 1 heteroatoms. The Morgan fingerprint density at radius 1 is 1.14 bits per heavy atom. The first kappa shape index (κ1) is 9.97. The third-order valence-electron chi connectivity index (χ3n) is 3.72. The Labute approximate surface area is 88.4 Å². The van der Waals surface area contributed by atoms with E-state index in [1.165, 1.54) is 6.42 Å². The van der Waals surface area contributed by atoms with Crippen LogP contribution >= 0.6 is 0 Å². The van der Waals surface area contributed by atoms with Crippen LogP contribution in [0.15, 0.2) is 30.3 Å². The maximum absolute atomic E-state index is 2.49. The van der Waals surface area contributed by atoms with Gasteiger partial charge >= 0.3 is 0 Å². The highest BCUT2D eigenvalue weighted by molar-refractivity contribution is 6.78. The van der Waals surface area contributed by atoms with Gasteiger partial charge in [0.2, 0.25) is 0 Å². The molecule has 0 spiro atoms. The van der Waals surface area contributed by atoms with E-state index in [9.17, 15) is 0 Å². The molecule has 1 aromatic rings. The summed E-state index contributed by atoms with van der Waals surface area (Å²) in [6, 6.07) is 11.0. The highest BCUT2D eigenvalue weighted by Crippen LogP contribution is 2.63. The summed E-state index contributed by atoms with van der Waals surface area (Å²) in [6.07, 6.45) is 1.41. The van der Waals surface area contributed by atoms with E-state index in [4.69, 9.17) is 0 Å². The number of rotatable bonds is 2. The van der Waals surface area contributed by atoms with Crippen molar-refractivity contribution in [3.05, 3.63) is 35.9 Å². The molecule has 1 aliphatic carbocycles. The third kappa shape index (κ3) is 1.54. The van der Waals surface area contributed by atoms with Gasteiger partial charge in [-0.1, -0.05) is 56.9 Å². The molecular weight excluding hydrogens is 184 g/mol. The highest BCUT2D eigenvalue weighted by Gasteiger charge is 2.56. The Morgan fingerprint density at radius 2 is 1.71 bits per heavy atom. The van der Waals surface area contributed by atoms with Gasteiger partial charge in [0.15, 0.2) is 0 Å². The number of benzene rings is 1. The first-order valence-electron chi connectivity index (χ1n) is 5.50. The predicted octanol–water partition coefficient (Wildman–Crippen LogP) is 4.06. The minimum Gasteiger partial charge on any atom is -0.0693 e. The standard InChI is InChI=1S/C13H20Si/c1-13(10-12(13)14(2,3)4)11-8-6-5-7-9-11/h5-9,12H,10H2,1-4H3/t12-,13-/m0/s1. The molecule has 0 aromatic heterocycles. The van der Waals surface area contributed by atoms with E-state index in [0.29, 0.717) is 5.41 Å². The largest absolute Gasteiger partial charge is 0.0693 e. The summed E-state index contributed by atoms with van der Waals surface area (Å²) in [5.74, 6) is 0. The van der Waals surface area contributed by atoms with E-state index >= 15 is 0 Å². The predicted molar refractivity (Wildman–Crippen MR) is 65.5 cm³/mol. The summed E-state index contributed by atoms with van der Waals surface area (Å²) in [5.41, 5.74) is 3.04. The molecule has 0 amide bonds. The lowest BCUT2D eigenvalue weighted by molar-refractivity contribution is 0.780. The molecule has 76 valence electrons. The van der Waals surface area contributed by atoms with Gasteiger partial charge in [-0.25, -0.2) is 0 Å². The van der Waals surface area contributed by atoms with Crippen molar-refractivity contribution < 1.29 is 0 Å². The quantitative estimate of drug-likeness (QED) is 0.637. The topological polar surface area (TPSA) is 0 Å². The Morgan fingerprint density at radius 3 is 2.14 bits per heavy atom. The van der Waals surface area contributed by atoms with Crippen LogP contribution in [0.4, 0.5) is 0 Å². The monoisotopic (exact) mass is 204 g/mol. The molecule has 1 fully saturated rings. The van der Waals surface area contributed by atoms with Gasteiger partial charge in [-0.3, -0.25) is 0 Å². The molecule has 14 heavy (non-hydrogen) atoms. The van der Waals surface area contributed by atoms with Gasteiger partial charge in [0.1, 0.15) is 0 Å². The fourth-order valence-corrected chi connectivity index (χ4v) is 5.88. The van der Waals surface area contributed by atoms with Gasteiger partial charge in [0.25, 0.3) is 0 Å². The van der Waals surface area contributed by atoms with Gasteiger partial charge in [0.05, 0.1) is 0 Å². The van der Waals surface area contributed by atoms with Gasteiger partial charge in [-0.2, -0.15) is 0 Å². The van der Waals surface area contributed by atoms with Gasteiger partial charge < -0.3 is 0 Å². The molecule has 0 aliphatic heterocycles. The Hall–Kier alpha value is -0.563. The van der Waals surface area contributed by atoms with Crippen LogP contribution in [0, 0.1) is 0 Å². The molecule has 2 atom stereocenters. The zero-order valence-electron chi connectivity index (χ0n) is 9.67. The molecule has 0 radical (unpaired) electrons. The fraction of sp³-hybridized carbons (Fsp3) is 0.538. The van der Waals surface area contributed by atoms with Crippen molar-refractivity contribution in [2.45, 2.75) is 43.9 Å². The molecule has 1 aromatic carbocycles. The van der Waals surface area contributed by atoms with Crippen molar-refractivity contribution in [3.8, 4) is 0 Å². The van der Waals surface area contributed by atoms with Crippen LogP contribution in [0.25, 0.3) is 0 Å². The van der Waals surface area contributed by atoms with Crippen LogP contribution in [-0.4, -0.2) is 8.07 Å². The lowest BCUT2D eigenvalue weighted by Gasteiger charge is -2.20. The normalized spacial score (nSPS) is 31.6. The summed E-state index contributed by atoms with van der Waals surface area (Å²) in [4.78, 5) is 0. The van der Waals surface area contributed by atoms with E-state index in [1.807, 2.05) is 0 Å². The Kier molecular flexibility index (Phi) is 2.11. The van der Waals surface area contributed by atoms with Gasteiger partial charge in [-0.05, 0) is 22.9 Å². The van der Waals surface area contributed by atoms with Crippen molar-refractivity contribution in [1.29, 1.82) is 0 Å². The SMILES string of the molecule is C[C@@]1(c2ccccc2)C[C@@H]1[Si](C)(C)C. The first-order chi connectivity index (χ1) is 6.44. The maximum Gasteiger partial charge on any atom is 0.0483 e. The lowest BCUT2D eigenvalue weighted by atomic mass is 9.99. The second-order valence-electron chi connectivity index (χ2n) is 5.91. The van der Waals surface area contributed by atoms with Crippen molar-refractivity contribution in [2.24, 2.45) is 0 Å². The Balaban J connectivity index is 2.23. The molecule has 0 unspecified atom stereocenters. The minimum atomic E-state index is -0.942. The maximum atomic E-state index is 2.49. The average molecular weight is 204 g/mol. The summed E-state index contributed by atoms with van der Waals surface area (Å²) in [5, 5.41) is 0. The van der Waals surface area contributed by atoms with E-state index < -0.39 is 8.07 Å². The van der Waals surface area contributed by atoms with Crippen LogP contribution in [0.2, 0.25) is 25.2 Å². The molecule has 0 heterocycles. The summed E-state index contributed by atoms with van der Waals surface area (Å²) in [7, 11) is -0.942. The number of hydrogen-bond donors (Lipinski definition) is 0. The summed E-state index contributed by atoms with van der Waals surface area (Å²) >= 11 is 0. The van der Waals surface area contributed by atoms with E-state index in [-0.39, 0.29) is 0 Å². The molecule has 2 rings (SSSR count). The second-order valence-corrected chi connectivity index (χ2v) is 11.3. The van der Waals surface area contributed by atoms with Crippen molar-refractivity contribution >= 4 is 8.07 Å². The molecule has 0 nitrogen and oxygen atoms in total. The van der Waals surface area contributed by atoms with Gasteiger partial charge in [-0.15, -0.1) is 0 Å². The molecule has 1 saturated carbocycles. The molecule has 0 saturated heterocycles. The van der Waals surface area contributed by atoms with Gasteiger partial charge in [0, 0.05) is 8.07 Å². The van der Waals surface area contributed by atoms with Crippen LogP contribution < -0.4 is 0 Å². The van der Waals surface area contributed by atoms with Crippen molar-refractivity contribution in [2.75, 3.05) is 0 Å². The molecule has 0 N–H and O–H groups in total. The van der Waals surface area contributed by atoms with Crippen LogP contribution in [0.5, 0.6) is 0 Å². The highest BCUT2D eigenvalue weighted by atomic mass is 28.3. The zero-order chi connectivity index (χ0) is 10.4.